The maximum atomic E-state index is 12.7. The molecule has 0 aromatic carbocycles. The lowest BCUT2D eigenvalue weighted by atomic mass is 10.0. The van der Waals surface area contributed by atoms with Gasteiger partial charge in [-0.3, -0.25) is 19.4 Å². The summed E-state index contributed by atoms with van der Waals surface area (Å²) in [6.07, 6.45) is 5.86. The first-order chi connectivity index (χ1) is 12.9. The predicted molar refractivity (Wildman–Crippen MR) is 107 cm³/mol. The fourth-order valence-electron chi connectivity index (χ4n) is 4.37. The molecule has 1 unspecified atom stereocenters. The molecule has 3 fully saturated rings. The van der Waals surface area contributed by atoms with Crippen LogP contribution in [0.2, 0.25) is 0 Å². The Morgan fingerprint density at radius 2 is 1.56 bits per heavy atom. The molecule has 2 heterocycles. The van der Waals surface area contributed by atoms with Crippen molar-refractivity contribution in [2.75, 3.05) is 52.4 Å². The third-order valence-electron chi connectivity index (χ3n) is 6.18. The highest BCUT2D eigenvalue weighted by Gasteiger charge is 2.34. The van der Waals surface area contributed by atoms with Gasteiger partial charge in [0.25, 0.3) is 0 Å². The molecule has 27 heavy (non-hydrogen) atoms. The van der Waals surface area contributed by atoms with E-state index < -0.39 is 0 Å². The lowest BCUT2D eigenvalue weighted by Crippen LogP contribution is -2.53. The molecule has 3 rings (SSSR count). The second-order valence-electron chi connectivity index (χ2n) is 9.16. The van der Waals surface area contributed by atoms with E-state index in [0.29, 0.717) is 31.1 Å². The van der Waals surface area contributed by atoms with Crippen LogP contribution < -0.4 is 0 Å². The third kappa shape index (κ3) is 5.92. The SMILES string of the molecule is CC(C)CN(C(=O)CN1CCN(CC(=O)N2CCCCC2C)CC1)C1CC1. The molecule has 1 atom stereocenters. The van der Waals surface area contributed by atoms with E-state index in [4.69, 9.17) is 0 Å². The predicted octanol–water partition coefficient (Wildman–Crippen LogP) is 1.65. The molecule has 2 amide bonds. The van der Waals surface area contributed by atoms with Gasteiger partial charge in [-0.15, -0.1) is 0 Å². The van der Waals surface area contributed by atoms with E-state index in [1.165, 1.54) is 19.3 Å². The Morgan fingerprint density at radius 3 is 2.11 bits per heavy atom. The summed E-state index contributed by atoms with van der Waals surface area (Å²) in [6.45, 7) is 12.9. The lowest BCUT2D eigenvalue weighted by molar-refractivity contribution is -0.137. The second-order valence-corrected chi connectivity index (χ2v) is 9.16. The highest BCUT2D eigenvalue weighted by Crippen LogP contribution is 2.27. The van der Waals surface area contributed by atoms with Gasteiger partial charge in [-0.25, -0.2) is 0 Å². The van der Waals surface area contributed by atoms with Gasteiger partial charge in [0.15, 0.2) is 0 Å². The van der Waals surface area contributed by atoms with Crippen molar-refractivity contribution < 1.29 is 9.59 Å². The summed E-state index contributed by atoms with van der Waals surface area (Å²) in [7, 11) is 0. The number of hydrogen-bond acceptors (Lipinski definition) is 4. The topological polar surface area (TPSA) is 47.1 Å². The Morgan fingerprint density at radius 1 is 0.926 bits per heavy atom. The van der Waals surface area contributed by atoms with Crippen molar-refractivity contribution >= 4 is 11.8 Å². The van der Waals surface area contributed by atoms with Crippen LogP contribution in [0.5, 0.6) is 0 Å². The monoisotopic (exact) mass is 378 g/mol. The number of likely N-dealkylation sites (tertiary alicyclic amines) is 1. The van der Waals surface area contributed by atoms with E-state index in [1.54, 1.807) is 0 Å². The van der Waals surface area contributed by atoms with Gasteiger partial charge >= 0.3 is 0 Å². The van der Waals surface area contributed by atoms with Gasteiger partial charge in [0.2, 0.25) is 11.8 Å². The highest BCUT2D eigenvalue weighted by molar-refractivity contribution is 5.79. The maximum Gasteiger partial charge on any atom is 0.237 e. The Kier molecular flexibility index (Phi) is 7.15. The minimum atomic E-state index is 0.281. The van der Waals surface area contributed by atoms with Crippen molar-refractivity contribution in [3.63, 3.8) is 0 Å². The normalized spacial score (nSPS) is 25.0. The van der Waals surface area contributed by atoms with Crippen LogP contribution in [0, 0.1) is 5.92 Å². The van der Waals surface area contributed by atoms with E-state index in [9.17, 15) is 9.59 Å². The number of nitrogens with zero attached hydrogens (tertiary/aromatic N) is 4. The van der Waals surface area contributed by atoms with Crippen molar-refractivity contribution in [1.82, 2.24) is 19.6 Å². The van der Waals surface area contributed by atoms with Crippen molar-refractivity contribution in [2.24, 2.45) is 5.92 Å². The molecule has 0 aromatic rings. The Hall–Kier alpha value is -1.14. The fraction of sp³-hybridized carbons (Fsp3) is 0.905. The number of piperazine rings is 1. The summed E-state index contributed by atoms with van der Waals surface area (Å²) in [5.74, 6) is 1.09. The molecule has 0 aromatic heterocycles. The van der Waals surface area contributed by atoms with E-state index in [0.717, 1.165) is 52.1 Å². The van der Waals surface area contributed by atoms with Crippen molar-refractivity contribution in [3.8, 4) is 0 Å². The molecule has 1 aliphatic carbocycles. The van der Waals surface area contributed by atoms with Gasteiger partial charge in [0, 0.05) is 51.4 Å². The quantitative estimate of drug-likeness (QED) is 0.676. The summed E-state index contributed by atoms with van der Waals surface area (Å²) >= 11 is 0. The fourth-order valence-corrected chi connectivity index (χ4v) is 4.37. The zero-order chi connectivity index (χ0) is 19.4. The Labute approximate surface area is 164 Å². The largest absolute Gasteiger partial charge is 0.339 e. The Balaban J connectivity index is 1.40. The smallest absolute Gasteiger partial charge is 0.237 e. The molecule has 6 heteroatoms. The van der Waals surface area contributed by atoms with E-state index >= 15 is 0 Å². The van der Waals surface area contributed by atoms with E-state index in [2.05, 4.69) is 40.4 Å². The number of carbonyl (C=O) groups is 2. The Bertz CT molecular complexity index is 512. The summed E-state index contributed by atoms with van der Waals surface area (Å²) < 4.78 is 0. The lowest BCUT2D eigenvalue weighted by Gasteiger charge is -2.38. The molecule has 0 radical (unpaired) electrons. The van der Waals surface area contributed by atoms with Gasteiger partial charge in [0.05, 0.1) is 13.1 Å². The van der Waals surface area contributed by atoms with Gasteiger partial charge < -0.3 is 9.80 Å². The number of rotatable bonds is 7. The first-order valence-corrected chi connectivity index (χ1v) is 11.0. The minimum absolute atomic E-state index is 0.281. The minimum Gasteiger partial charge on any atom is -0.339 e. The maximum absolute atomic E-state index is 12.7. The standard InChI is InChI=1S/C21H38N4O2/c1-17(2)14-25(19-7-8-19)21(27)16-23-12-10-22(11-13-23)15-20(26)24-9-5-4-6-18(24)3/h17-19H,4-16H2,1-3H3. The van der Waals surface area contributed by atoms with Crippen molar-refractivity contribution in [3.05, 3.63) is 0 Å². The average molecular weight is 379 g/mol. The molecular weight excluding hydrogens is 340 g/mol. The third-order valence-corrected chi connectivity index (χ3v) is 6.18. The van der Waals surface area contributed by atoms with E-state index in [1.807, 2.05) is 0 Å². The second kappa shape index (κ2) is 9.37. The first-order valence-electron chi connectivity index (χ1n) is 11.0. The van der Waals surface area contributed by atoms with Crippen molar-refractivity contribution in [2.45, 2.75) is 65.0 Å². The van der Waals surface area contributed by atoms with Gasteiger partial charge in [-0.05, 0) is 44.9 Å². The van der Waals surface area contributed by atoms with Gasteiger partial charge in [-0.1, -0.05) is 13.8 Å². The molecule has 154 valence electrons. The zero-order valence-corrected chi connectivity index (χ0v) is 17.5. The molecule has 2 aliphatic heterocycles. The first kappa shape index (κ1) is 20.6. The summed E-state index contributed by atoms with van der Waals surface area (Å²) in [4.78, 5) is 34.1. The number of carbonyl (C=O) groups excluding carboxylic acids is 2. The van der Waals surface area contributed by atoms with Gasteiger partial charge in [-0.2, -0.15) is 0 Å². The molecule has 0 N–H and O–H groups in total. The number of piperidine rings is 1. The molecule has 1 saturated carbocycles. The van der Waals surface area contributed by atoms with Crippen LogP contribution in [-0.2, 0) is 9.59 Å². The molecular formula is C21H38N4O2. The number of hydrogen-bond donors (Lipinski definition) is 0. The summed E-state index contributed by atoms with van der Waals surface area (Å²) in [6, 6.07) is 0.880. The zero-order valence-electron chi connectivity index (χ0n) is 17.5. The van der Waals surface area contributed by atoms with Crippen LogP contribution in [0.25, 0.3) is 0 Å². The van der Waals surface area contributed by atoms with E-state index in [-0.39, 0.29) is 11.8 Å². The van der Waals surface area contributed by atoms with Crippen LogP contribution >= 0.6 is 0 Å². The van der Waals surface area contributed by atoms with Gasteiger partial charge in [0.1, 0.15) is 0 Å². The average Bonchev–Trinajstić information content (AvgIpc) is 3.46. The van der Waals surface area contributed by atoms with Crippen LogP contribution in [0.15, 0.2) is 0 Å². The van der Waals surface area contributed by atoms with Crippen LogP contribution in [0.3, 0.4) is 0 Å². The summed E-state index contributed by atoms with van der Waals surface area (Å²) in [5, 5.41) is 0. The molecule has 6 nitrogen and oxygen atoms in total. The highest BCUT2D eigenvalue weighted by atomic mass is 16.2. The molecule has 0 bridgehead atoms. The summed E-state index contributed by atoms with van der Waals surface area (Å²) in [5.41, 5.74) is 0. The van der Waals surface area contributed by atoms with Crippen LogP contribution in [-0.4, -0.2) is 95.9 Å². The van der Waals surface area contributed by atoms with Crippen LogP contribution in [0.4, 0.5) is 0 Å². The molecule has 0 spiro atoms. The van der Waals surface area contributed by atoms with Crippen molar-refractivity contribution in [1.29, 1.82) is 0 Å². The van der Waals surface area contributed by atoms with Crippen LogP contribution in [0.1, 0.15) is 52.9 Å². The molecule has 2 saturated heterocycles. The molecule has 3 aliphatic rings. The number of amides is 2.